The number of carbonyl (C=O) groups excluding carboxylic acids is 1. The van der Waals surface area contributed by atoms with Crippen LogP contribution < -0.4 is 0 Å². The molecule has 0 radical (unpaired) electrons. The van der Waals surface area contributed by atoms with E-state index in [9.17, 15) is 14.9 Å². The summed E-state index contributed by atoms with van der Waals surface area (Å²) in [6.07, 6.45) is 6.84. The molecule has 0 bridgehead atoms. The highest BCUT2D eigenvalue weighted by atomic mass is 32.2. The van der Waals surface area contributed by atoms with E-state index in [-0.39, 0.29) is 5.69 Å². The van der Waals surface area contributed by atoms with Crippen LogP contribution in [0.2, 0.25) is 0 Å². The fraction of sp³-hybridized carbons (Fsp3) is 0.100. The largest absolute Gasteiger partial charge is 0.298 e. The average molecular weight is 364 g/mol. The van der Waals surface area contributed by atoms with Crippen molar-refractivity contribution < 1.29 is 9.72 Å². The second kappa shape index (κ2) is 7.93. The molecule has 0 saturated heterocycles. The third-order valence-electron chi connectivity index (χ3n) is 4.03. The highest BCUT2D eigenvalue weighted by molar-refractivity contribution is 7.98. The van der Waals surface area contributed by atoms with Crippen LogP contribution in [0.25, 0.3) is 11.1 Å². The number of hydrogen-bond donors (Lipinski definition) is 0. The molecule has 3 aromatic rings. The molecular formula is C20H16N2O3S. The van der Waals surface area contributed by atoms with Crippen molar-refractivity contribution in [3.8, 4) is 11.1 Å². The summed E-state index contributed by atoms with van der Waals surface area (Å²) in [6, 6.07) is 14.2. The minimum absolute atomic E-state index is 0.0294. The lowest BCUT2D eigenvalue weighted by Crippen LogP contribution is -1.97. The average Bonchev–Trinajstić information content (AvgIpc) is 2.68. The number of pyridine rings is 1. The summed E-state index contributed by atoms with van der Waals surface area (Å²) in [4.78, 5) is 27.1. The number of thioether (sulfide) groups is 1. The van der Waals surface area contributed by atoms with Crippen molar-refractivity contribution in [1.29, 1.82) is 0 Å². The smallest absolute Gasteiger partial charge is 0.270 e. The lowest BCUT2D eigenvalue weighted by Gasteiger charge is -2.13. The number of aldehydes is 1. The molecule has 1 heterocycles. The van der Waals surface area contributed by atoms with Gasteiger partial charge in [-0.25, -0.2) is 0 Å². The summed E-state index contributed by atoms with van der Waals surface area (Å²) in [5, 5.41) is 11.1. The first-order valence-corrected chi connectivity index (χ1v) is 9.14. The lowest BCUT2D eigenvalue weighted by atomic mass is 9.96. The Morgan fingerprint density at radius 2 is 1.88 bits per heavy atom. The third-order valence-corrected chi connectivity index (χ3v) is 4.90. The molecule has 0 N–H and O–H groups in total. The van der Waals surface area contributed by atoms with Crippen LogP contribution in [0.3, 0.4) is 0 Å². The van der Waals surface area contributed by atoms with Crippen LogP contribution in [0.4, 0.5) is 5.69 Å². The van der Waals surface area contributed by atoms with Crippen molar-refractivity contribution >= 4 is 23.7 Å². The van der Waals surface area contributed by atoms with Gasteiger partial charge in [0.15, 0.2) is 6.29 Å². The Morgan fingerprint density at radius 3 is 2.54 bits per heavy atom. The van der Waals surface area contributed by atoms with E-state index in [2.05, 4.69) is 4.98 Å². The number of nitro benzene ring substituents is 1. The zero-order chi connectivity index (χ0) is 18.5. The van der Waals surface area contributed by atoms with Gasteiger partial charge in [-0.2, -0.15) is 0 Å². The van der Waals surface area contributed by atoms with Gasteiger partial charge in [0.25, 0.3) is 5.69 Å². The quantitative estimate of drug-likeness (QED) is 0.272. The summed E-state index contributed by atoms with van der Waals surface area (Å²) in [6.45, 7) is 0. The SMILES string of the molecule is CSc1c(C=O)cc(Cc2ccncc2)cc1-c1cccc([N+](=O)[O-])c1. The first kappa shape index (κ1) is 17.8. The van der Waals surface area contributed by atoms with Crippen LogP contribution >= 0.6 is 11.8 Å². The maximum absolute atomic E-state index is 11.6. The fourth-order valence-electron chi connectivity index (χ4n) is 2.87. The molecular weight excluding hydrogens is 348 g/mol. The molecule has 0 fully saturated rings. The molecule has 2 aromatic carbocycles. The van der Waals surface area contributed by atoms with Crippen molar-refractivity contribution in [2.24, 2.45) is 0 Å². The van der Waals surface area contributed by atoms with Gasteiger partial charge in [0, 0.05) is 35.0 Å². The molecule has 0 atom stereocenters. The molecule has 3 rings (SSSR count). The van der Waals surface area contributed by atoms with Gasteiger partial charge in [-0.05, 0) is 59.2 Å². The van der Waals surface area contributed by atoms with E-state index >= 15 is 0 Å². The van der Waals surface area contributed by atoms with Crippen molar-refractivity contribution in [3.63, 3.8) is 0 Å². The highest BCUT2D eigenvalue weighted by Gasteiger charge is 2.15. The van der Waals surface area contributed by atoms with E-state index < -0.39 is 4.92 Å². The van der Waals surface area contributed by atoms with E-state index in [1.165, 1.54) is 17.8 Å². The zero-order valence-electron chi connectivity index (χ0n) is 14.1. The molecule has 0 spiro atoms. The molecule has 0 amide bonds. The topological polar surface area (TPSA) is 73.1 Å². The van der Waals surface area contributed by atoms with Crippen molar-refractivity contribution in [3.05, 3.63) is 87.7 Å². The molecule has 0 unspecified atom stereocenters. The predicted octanol–water partition coefficient (Wildman–Crippen LogP) is 4.78. The predicted molar refractivity (Wildman–Crippen MR) is 103 cm³/mol. The van der Waals surface area contributed by atoms with Gasteiger partial charge < -0.3 is 0 Å². The van der Waals surface area contributed by atoms with Crippen LogP contribution in [0.5, 0.6) is 0 Å². The second-order valence-electron chi connectivity index (χ2n) is 5.72. The van der Waals surface area contributed by atoms with Crippen LogP contribution in [0, 0.1) is 10.1 Å². The molecule has 0 aliphatic rings. The van der Waals surface area contributed by atoms with E-state index in [0.29, 0.717) is 12.0 Å². The summed E-state index contributed by atoms with van der Waals surface area (Å²) in [5.74, 6) is 0. The zero-order valence-corrected chi connectivity index (χ0v) is 14.9. The van der Waals surface area contributed by atoms with Crippen LogP contribution in [0.15, 0.2) is 65.8 Å². The Balaban J connectivity index is 2.13. The van der Waals surface area contributed by atoms with E-state index in [1.807, 2.05) is 36.6 Å². The Bertz CT molecular complexity index is 959. The van der Waals surface area contributed by atoms with Gasteiger partial charge in [0.2, 0.25) is 0 Å². The Morgan fingerprint density at radius 1 is 1.12 bits per heavy atom. The van der Waals surface area contributed by atoms with Crippen LogP contribution in [-0.2, 0) is 6.42 Å². The van der Waals surface area contributed by atoms with Gasteiger partial charge in [0.05, 0.1) is 4.92 Å². The highest BCUT2D eigenvalue weighted by Crippen LogP contribution is 2.35. The molecule has 26 heavy (non-hydrogen) atoms. The number of benzene rings is 2. The summed E-state index contributed by atoms with van der Waals surface area (Å²) < 4.78 is 0. The Kier molecular flexibility index (Phi) is 5.43. The molecule has 0 aliphatic carbocycles. The molecule has 130 valence electrons. The van der Waals surface area contributed by atoms with Crippen molar-refractivity contribution in [2.45, 2.75) is 11.3 Å². The molecule has 5 nitrogen and oxygen atoms in total. The number of nitrogens with zero attached hydrogens (tertiary/aromatic N) is 2. The number of aromatic nitrogens is 1. The number of carbonyl (C=O) groups is 1. The van der Waals surface area contributed by atoms with Crippen LogP contribution in [0.1, 0.15) is 21.5 Å². The number of non-ortho nitro benzene ring substituents is 1. The van der Waals surface area contributed by atoms with Crippen molar-refractivity contribution in [2.75, 3.05) is 6.26 Å². The summed E-state index contributed by atoms with van der Waals surface area (Å²) in [5.41, 5.74) is 4.22. The first-order valence-electron chi connectivity index (χ1n) is 7.92. The van der Waals surface area contributed by atoms with E-state index in [0.717, 1.165) is 33.4 Å². The van der Waals surface area contributed by atoms with E-state index in [1.54, 1.807) is 24.5 Å². The number of hydrogen-bond acceptors (Lipinski definition) is 5. The minimum atomic E-state index is -0.413. The molecule has 6 heteroatoms. The summed E-state index contributed by atoms with van der Waals surface area (Å²) >= 11 is 1.46. The second-order valence-corrected chi connectivity index (χ2v) is 6.54. The normalized spacial score (nSPS) is 10.5. The van der Waals surface area contributed by atoms with Gasteiger partial charge in [0.1, 0.15) is 0 Å². The Hall–Kier alpha value is -2.99. The maximum atomic E-state index is 11.6. The van der Waals surface area contributed by atoms with Gasteiger partial charge in [-0.1, -0.05) is 12.1 Å². The van der Waals surface area contributed by atoms with Crippen LogP contribution in [-0.4, -0.2) is 22.4 Å². The Labute approximate surface area is 155 Å². The molecule has 0 saturated carbocycles. The lowest BCUT2D eigenvalue weighted by molar-refractivity contribution is -0.384. The van der Waals surface area contributed by atoms with E-state index in [4.69, 9.17) is 0 Å². The first-order chi connectivity index (χ1) is 12.6. The number of nitro groups is 1. The minimum Gasteiger partial charge on any atom is -0.298 e. The molecule has 0 aliphatic heterocycles. The van der Waals surface area contributed by atoms with Crippen molar-refractivity contribution in [1.82, 2.24) is 4.98 Å². The maximum Gasteiger partial charge on any atom is 0.270 e. The summed E-state index contributed by atoms with van der Waals surface area (Å²) in [7, 11) is 0. The monoisotopic (exact) mass is 364 g/mol. The number of rotatable bonds is 6. The van der Waals surface area contributed by atoms with Gasteiger partial charge in [-0.3, -0.25) is 19.9 Å². The standard InChI is InChI=1S/C20H16N2O3S/c1-26-20-17(13-23)10-15(9-14-5-7-21-8-6-14)11-19(20)16-3-2-4-18(12-16)22(24)25/h2-8,10-13H,9H2,1H3. The van der Waals surface area contributed by atoms with Gasteiger partial charge >= 0.3 is 0 Å². The molecule has 1 aromatic heterocycles. The van der Waals surface area contributed by atoms with Gasteiger partial charge in [-0.15, -0.1) is 11.8 Å². The third kappa shape index (κ3) is 3.81. The fourth-order valence-corrected chi connectivity index (χ4v) is 3.61.